The molecule has 0 saturated heterocycles. The minimum absolute atomic E-state index is 0.0565. The molecule has 7 nitrogen and oxygen atoms in total. The molecule has 2 aromatic heterocycles. The molecule has 34 heavy (non-hydrogen) atoms. The first-order valence-corrected chi connectivity index (χ1v) is 12.0. The number of aliphatic hydroxyl groups excluding tert-OH is 1. The van der Waals surface area contributed by atoms with Gasteiger partial charge in [0.05, 0.1) is 29.7 Å². The Labute approximate surface area is 202 Å². The summed E-state index contributed by atoms with van der Waals surface area (Å²) in [6.07, 6.45) is 4.16. The largest absolute Gasteiger partial charge is 0.503 e. The number of thiophene rings is 1. The number of rotatable bonds is 10. The van der Waals surface area contributed by atoms with Crippen molar-refractivity contribution < 1.29 is 24.2 Å². The topological polar surface area (TPSA) is 89.0 Å². The molecule has 1 aliphatic rings. The molecule has 176 valence electrons. The van der Waals surface area contributed by atoms with Gasteiger partial charge in [0.2, 0.25) is 5.78 Å². The zero-order chi connectivity index (χ0) is 24.1. The number of ketones is 1. The monoisotopic (exact) mass is 478 g/mol. The van der Waals surface area contributed by atoms with Crippen LogP contribution < -0.4 is 9.47 Å². The fourth-order valence-electron chi connectivity index (χ4n) is 3.92. The summed E-state index contributed by atoms with van der Waals surface area (Å²) in [5.74, 6) is -0.384. The second kappa shape index (κ2) is 10.5. The number of amides is 1. The summed E-state index contributed by atoms with van der Waals surface area (Å²) < 4.78 is 11.6. The molecule has 0 fully saturated rings. The van der Waals surface area contributed by atoms with Crippen molar-refractivity contribution in [2.24, 2.45) is 0 Å². The van der Waals surface area contributed by atoms with Crippen molar-refractivity contribution in [3.8, 4) is 11.5 Å². The number of ether oxygens (including phenoxy) is 2. The van der Waals surface area contributed by atoms with E-state index in [-0.39, 0.29) is 17.9 Å². The van der Waals surface area contributed by atoms with Crippen molar-refractivity contribution in [2.75, 3.05) is 13.2 Å². The molecule has 3 heterocycles. The maximum Gasteiger partial charge on any atom is 0.290 e. The first kappa shape index (κ1) is 23.5. The van der Waals surface area contributed by atoms with Gasteiger partial charge in [0.1, 0.15) is 0 Å². The zero-order valence-electron chi connectivity index (χ0n) is 19.1. The molecule has 1 unspecified atom stereocenters. The Bertz CT molecular complexity index is 1190. The lowest BCUT2D eigenvalue weighted by molar-refractivity contribution is -0.130. The van der Waals surface area contributed by atoms with E-state index in [0.29, 0.717) is 35.2 Å². The normalized spacial score (nSPS) is 15.6. The lowest BCUT2D eigenvalue weighted by Gasteiger charge is -2.27. The van der Waals surface area contributed by atoms with Crippen LogP contribution in [0.4, 0.5) is 0 Å². The molecule has 0 radical (unpaired) electrons. The average molecular weight is 479 g/mol. The summed E-state index contributed by atoms with van der Waals surface area (Å²) >= 11 is 1.27. The van der Waals surface area contributed by atoms with Crippen LogP contribution in [0, 0.1) is 0 Å². The van der Waals surface area contributed by atoms with E-state index in [4.69, 9.17) is 9.47 Å². The minimum atomic E-state index is -0.790. The Kier molecular flexibility index (Phi) is 7.27. The molecule has 4 rings (SSSR count). The molecular weight excluding hydrogens is 452 g/mol. The van der Waals surface area contributed by atoms with E-state index in [1.165, 1.54) is 16.2 Å². The lowest BCUT2D eigenvalue weighted by atomic mass is 9.95. The Morgan fingerprint density at radius 1 is 1.15 bits per heavy atom. The van der Waals surface area contributed by atoms with Gasteiger partial charge in [0.15, 0.2) is 17.3 Å². The summed E-state index contributed by atoms with van der Waals surface area (Å²) in [5.41, 5.74) is 1.49. The highest BCUT2D eigenvalue weighted by Crippen LogP contribution is 2.42. The number of carbonyl (C=O) groups excluding carboxylic acids is 2. The Hall–Kier alpha value is -3.65. The van der Waals surface area contributed by atoms with Crippen molar-refractivity contribution in [1.29, 1.82) is 0 Å². The summed E-state index contributed by atoms with van der Waals surface area (Å²) in [4.78, 5) is 32.7. The van der Waals surface area contributed by atoms with Gasteiger partial charge in [0.25, 0.3) is 5.91 Å². The highest BCUT2D eigenvalue weighted by Gasteiger charge is 2.44. The number of carbonyl (C=O) groups is 2. The number of nitrogens with zero attached hydrogens (tertiary/aromatic N) is 2. The van der Waals surface area contributed by atoms with Gasteiger partial charge < -0.3 is 19.5 Å². The Balaban J connectivity index is 1.80. The van der Waals surface area contributed by atoms with Crippen LogP contribution in [0.1, 0.15) is 47.1 Å². The van der Waals surface area contributed by atoms with Crippen LogP contribution in [-0.4, -0.2) is 39.9 Å². The highest BCUT2D eigenvalue weighted by atomic mass is 32.1. The van der Waals surface area contributed by atoms with Gasteiger partial charge in [-0.1, -0.05) is 25.1 Å². The van der Waals surface area contributed by atoms with Gasteiger partial charge >= 0.3 is 0 Å². The maximum absolute atomic E-state index is 13.4. The van der Waals surface area contributed by atoms with Crippen LogP contribution in [0.15, 0.2) is 71.6 Å². The molecule has 1 atom stereocenters. The fourth-order valence-corrected chi connectivity index (χ4v) is 4.60. The standard InChI is InChI=1S/C26H26N2O5S/c1-3-12-33-19-10-9-18(14-20(19)32-4-2)23-22(24(29)21-8-6-13-34-21)25(30)26(31)28(23)16-17-7-5-11-27-15-17/h5-11,13-15,23,30H,3-4,12,16H2,1-2H3. The van der Waals surface area contributed by atoms with E-state index < -0.39 is 17.7 Å². The number of aromatic nitrogens is 1. The van der Waals surface area contributed by atoms with E-state index in [2.05, 4.69) is 4.98 Å². The molecule has 0 spiro atoms. The molecule has 1 amide bonds. The van der Waals surface area contributed by atoms with E-state index in [0.717, 1.165) is 12.0 Å². The predicted octanol–water partition coefficient (Wildman–Crippen LogP) is 5.11. The molecular formula is C26H26N2O5S. The van der Waals surface area contributed by atoms with Gasteiger partial charge in [-0.05, 0) is 54.1 Å². The molecule has 1 aromatic carbocycles. The lowest BCUT2D eigenvalue weighted by Crippen LogP contribution is -2.30. The summed E-state index contributed by atoms with van der Waals surface area (Å²) in [6, 6.07) is 11.7. The van der Waals surface area contributed by atoms with Crippen molar-refractivity contribution in [2.45, 2.75) is 32.9 Å². The van der Waals surface area contributed by atoms with Crippen LogP contribution in [-0.2, 0) is 11.3 Å². The second-order valence-electron chi connectivity index (χ2n) is 7.75. The predicted molar refractivity (Wildman–Crippen MR) is 129 cm³/mol. The molecule has 1 N–H and O–H groups in total. The third-order valence-electron chi connectivity index (χ3n) is 5.41. The number of hydrogen-bond donors (Lipinski definition) is 1. The summed E-state index contributed by atoms with van der Waals surface area (Å²) in [6.45, 7) is 5.04. The number of benzene rings is 1. The summed E-state index contributed by atoms with van der Waals surface area (Å²) in [5, 5.41) is 12.6. The van der Waals surface area contributed by atoms with Crippen molar-refractivity contribution in [3.63, 3.8) is 0 Å². The van der Waals surface area contributed by atoms with Crippen molar-refractivity contribution in [3.05, 3.63) is 87.6 Å². The molecule has 8 heteroatoms. The van der Waals surface area contributed by atoms with E-state index in [1.54, 1.807) is 48.1 Å². The van der Waals surface area contributed by atoms with Gasteiger partial charge in [-0.3, -0.25) is 14.6 Å². The Morgan fingerprint density at radius 2 is 2.00 bits per heavy atom. The first-order valence-electron chi connectivity index (χ1n) is 11.2. The highest BCUT2D eigenvalue weighted by molar-refractivity contribution is 7.12. The quantitative estimate of drug-likeness (QED) is 0.408. The summed E-state index contributed by atoms with van der Waals surface area (Å²) in [7, 11) is 0. The van der Waals surface area contributed by atoms with Crippen LogP contribution in [0.25, 0.3) is 0 Å². The van der Waals surface area contributed by atoms with Crippen LogP contribution in [0.3, 0.4) is 0 Å². The van der Waals surface area contributed by atoms with Gasteiger partial charge in [-0.25, -0.2) is 0 Å². The maximum atomic E-state index is 13.4. The van der Waals surface area contributed by atoms with Gasteiger partial charge in [-0.2, -0.15) is 0 Å². The van der Waals surface area contributed by atoms with Crippen LogP contribution >= 0.6 is 11.3 Å². The molecule has 0 bridgehead atoms. The van der Waals surface area contributed by atoms with Gasteiger partial charge in [0, 0.05) is 18.9 Å². The number of aliphatic hydroxyl groups is 1. The third kappa shape index (κ3) is 4.68. The number of pyridine rings is 1. The van der Waals surface area contributed by atoms with Crippen LogP contribution in [0.5, 0.6) is 11.5 Å². The number of Topliss-reactive ketones (excluding diaryl/α,β-unsaturated/α-hetero) is 1. The Morgan fingerprint density at radius 3 is 2.68 bits per heavy atom. The number of hydrogen-bond acceptors (Lipinski definition) is 7. The molecule has 0 aliphatic carbocycles. The minimum Gasteiger partial charge on any atom is -0.503 e. The van der Waals surface area contributed by atoms with E-state index >= 15 is 0 Å². The van der Waals surface area contributed by atoms with E-state index in [9.17, 15) is 14.7 Å². The smallest absolute Gasteiger partial charge is 0.290 e. The molecule has 1 aliphatic heterocycles. The SMILES string of the molecule is CCCOc1ccc(C2C(C(=O)c3cccs3)=C(O)C(=O)N2Cc2cccnc2)cc1OCC. The molecule has 0 saturated carbocycles. The van der Waals surface area contributed by atoms with E-state index in [1.807, 2.05) is 26.0 Å². The van der Waals surface area contributed by atoms with Crippen LogP contribution in [0.2, 0.25) is 0 Å². The fraction of sp³-hybridized carbons (Fsp3) is 0.269. The third-order valence-corrected chi connectivity index (χ3v) is 6.28. The van der Waals surface area contributed by atoms with Crippen molar-refractivity contribution in [1.82, 2.24) is 9.88 Å². The molecule has 3 aromatic rings. The first-order chi connectivity index (χ1) is 16.5. The van der Waals surface area contributed by atoms with Crippen molar-refractivity contribution >= 4 is 23.0 Å². The average Bonchev–Trinajstić information content (AvgIpc) is 3.47. The second-order valence-corrected chi connectivity index (χ2v) is 8.70. The zero-order valence-corrected chi connectivity index (χ0v) is 19.9. The van der Waals surface area contributed by atoms with Gasteiger partial charge in [-0.15, -0.1) is 11.3 Å².